The Labute approximate surface area is 132 Å². The van der Waals surface area contributed by atoms with Crippen LogP contribution in [0.3, 0.4) is 0 Å². The van der Waals surface area contributed by atoms with Crippen molar-refractivity contribution in [2.45, 2.75) is 29.7 Å². The third-order valence-electron chi connectivity index (χ3n) is 3.61. The molecule has 3 nitrogen and oxygen atoms in total. The number of benzene rings is 2. The van der Waals surface area contributed by atoms with Crippen molar-refractivity contribution < 1.29 is 9.90 Å². The van der Waals surface area contributed by atoms with Gasteiger partial charge in [-0.3, -0.25) is 4.79 Å². The summed E-state index contributed by atoms with van der Waals surface area (Å²) in [6.45, 7) is 4.14. The Morgan fingerprint density at radius 3 is 2.67 bits per heavy atom. The van der Waals surface area contributed by atoms with Gasteiger partial charge in [-0.05, 0) is 49.2 Å². The molecule has 2 aromatic rings. The van der Waals surface area contributed by atoms with Crippen LogP contribution in [0.1, 0.15) is 22.8 Å². The first-order valence-electron chi connectivity index (χ1n) is 6.53. The molecular formula is C16H14ClNO2S. The van der Waals surface area contributed by atoms with E-state index in [1.165, 1.54) is 11.1 Å². The van der Waals surface area contributed by atoms with Gasteiger partial charge in [-0.15, -0.1) is 0 Å². The molecule has 0 spiro atoms. The molecule has 0 radical (unpaired) electrons. The zero-order chi connectivity index (χ0) is 15.1. The molecule has 1 aliphatic heterocycles. The van der Waals surface area contributed by atoms with Gasteiger partial charge in [0.25, 0.3) is 5.91 Å². The van der Waals surface area contributed by atoms with E-state index >= 15 is 0 Å². The summed E-state index contributed by atoms with van der Waals surface area (Å²) >= 11 is 7.81. The van der Waals surface area contributed by atoms with Gasteiger partial charge in [0.2, 0.25) is 0 Å². The fourth-order valence-corrected chi connectivity index (χ4v) is 3.47. The Morgan fingerprint density at radius 1 is 1.19 bits per heavy atom. The molecule has 1 atom stereocenters. The topological polar surface area (TPSA) is 49.3 Å². The van der Waals surface area contributed by atoms with E-state index < -0.39 is 12.0 Å². The third-order valence-corrected chi connectivity index (χ3v) is 5.08. The number of carbonyl (C=O) groups is 1. The van der Waals surface area contributed by atoms with Crippen molar-refractivity contribution >= 4 is 35.0 Å². The lowest BCUT2D eigenvalue weighted by Crippen LogP contribution is -2.10. The van der Waals surface area contributed by atoms with Crippen molar-refractivity contribution in [1.82, 2.24) is 0 Å². The van der Waals surface area contributed by atoms with Gasteiger partial charge in [-0.1, -0.05) is 29.4 Å². The van der Waals surface area contributed by atoms with Crippen LogP contribution in [0, 0.1) is 13.8 Å². The predicted octanol–water partition coefficient (Wildman–Crippen LogP) is 4.09. The van der Waals surface area contributed by atoms with E-state index in [0.717, 1.165) is 9.79 Å². The molecule has 1 unspecified atom stereocenters. The molecule has 108 valence electrons. The number of nitrogens with one attached hydrogen (secondary N) is 1. The summed E-state index contributed by atoms with van der Waals surface area (Å²) in [5.74, 6) is -0.408. The number of anilines is 1. The zero-order valence-corrected chi connectivity index (χ0v) is 13.2. The van der Waals surface area contributed by atoms with Crippen molar-refractivity contribution in [1.29, 1.82) is 0 Å². The number of halogens is 1. The number of carbonyl (C=O) groups excluding carboxylic acids is 1. The van der Waals surface area contributed by atoms with Crippen LogP contribution in [-0.4, -0.2) is 11.0 Å². The van der Waals surface area contributed by atoms with Crippen LogP contribution >= 0.6 is 23.4 Å². The largest absolute Gasteiger partial charge is 0.378 e. The summed E-state index contributed by atoms with van der Waals surface area (Å²) in [6.07, 6.45) is -1.13. The molecule has 0 saturated heterocycles. The molecule has 1 amide bonds. The number of aliphatic hydroxyl groups excluding tert-OH is 1. The third kappa shape index (κ3) is 2.67. The summed E-state index contributed by atoms with van der Waals surface area (Å²) in [4.78, 5) is 13.4. The molecule has 0 bridgehead atoms. The van der Waals surface area contributed by atoms with E-state index in [1.54, 1.807) is 17.8 Å². The van der Waals surface area contributed by atoms with Crippen LogP contribution in [0.5, 0.6) is 0 Å². The number of aliphatic hydroxyl groups is 1. The second-order valence-electron chi connectivity index (χ2n) is 5.11. The van der Waals surface area contributed by atoms with Gasteiger partial charge in [-0.25, -0.2) is 0 Å². The number of amides is 1. The molecule has 0 fully saturated rings. The minimum Gasteiger partial charge on any atom is -0.378 e. The number of aryl methyl sites for hydroxylation is 2. The molecule has 21 heavy (non-hydrogen) atoms. The normalized spacial score (nSPS) is 16.8. The lowest BCUT2D eigenvalue weighted by Gasteiger charge is -2.09. The van der Waals surface area contributed by atoms with Crippen LogP contribution < -0.4 is 5.32 Å². The van der Waals surface area contributed by atoms with Crippen molar-refractivity contribution in [3.05, 3.63) is 52.0 Å². The summed E-state index contributed by atoms with van der Waals surface area (Å²) in [6, 6.07) is 9.69. The van der Waals surface area contributed by atoms with Gasteiger partial charge < -0.3 is 10.4 Å². The molecule has 0 aromatic heterocycles. The van der Waals surface area contributed by atoms with Crippen molar-refractivity contribution in [2.24, 2.45) is 0 Å². The van der Waals surface area contributed by atoms with Gasteiger partial charge in [0.05, 0.1) is 5.02 Å². The molecule has 0 aliphatic carbocycles. The number of hydrogen-bond acceptors (Lipinski definition) is 3. The van der Waals surface area contributed by atoms with Crippen LogP contribution in [0.4, 0.5) is 5.69 Å². The van der Waals surface area contributed by atoms with E-state index in [4.69, 9.17) is 11.6 Å². The Bertz CT molecular complexity index is 745. The second-order valence-corrected chi connectivity index (χ2v) is 6.63. The van der Waals surface area contributed by atoms with Crippen LogP contribution in [0.25, 0.3) is 0 Å². The van der Waals surface area contributed by atoms with E-state index in [1.807, 2.05) is 12.1 Å². The first-order valence-corrected chi connectivity index (χ1v) is 7.72. The predicted molar refractivity (Wildman–Crippen MR) is 85.1 cm³/mol. The average Bonchev–Trinajstić information content (AvgIpc) is 2.70. The van der Waals surface area contributed by atoms with Crippen molar-refractivity contribution in [3.8, 4) is 0 Å². The molecule has 5 heteroatoms. The minimum absolute atomic E-state index is 0.408. The summed E-state index contributed by atoms with van der Waals surface area (Å²) < 4.78 is 0. The highest BCUT2D eigenvalue weighted by atomic mass is 35.5. The number of rotatable bonds is 2. The lowest BCUT2D eigenvalue weighted by molar-refractivity contribution is -0.123. The molecular weight excluding hydrogens is 306 g/mol. The maximum absolute atomic E-state index is 11.5. The highest BCUT2D eigenvalue weighted by molar-refractivity contribution is 7.99. The lowest BCUT2D eigenvalue weighted by atomic mass is 10.1. The van der Waals surface area contributed by atoms with Crippen molar-refractivity contribution in [3.63, 3.8) is 0 Å². The van der Waals surface area contributed by atoms with E-state index in [0.29, 0.717) is 16.3 Å². The molecule has 1 aliphatic rings. The average molecular weight is 320 g/mol. The highest BCUT2D eigenvalue weighted by Gasteiger charge is 2.29. The number of fused-ring (bicyclic) bond motifs is 1. The monoisotopic (exact) mass is 319 g/mol. The van der Waals surface area contributed by atoms with Gasteiger partial charge in [0, 0.05) is 21.0 Å². The first kappa shape index (κ1) is 14.4. The van der Waals surface area contributed by atoms with E-state index in [-0.39, 0.29) is 0 Å². The molecule has 1 heterocycles. The highest BCUT2D eigenvalue weighted by Crippen LogP contribution is 2.41. The molecule has 3 rings (SSSR count). The van der Waals surface area contributed by atoms with Gasteiger partial charge in [0.1, 0.15) is 0 Å². The standard InChI is InChI=1S/C16H14ClNO2S/c1-8-3-4-10(5-9(8)2)21-14-7-13-11(6-12(14)17)15(19)16(20)18-13/h3-7,15,19H,1-2H3,(H,18,20). The molecule has 2 N–H and O–H groups in total. The van der Waals surface area contributed by atoms with Gasteiger partial charge in [-0.2, -0.15) is 0 Å². The van der Waals surface area contributed by atoms with E-state index in [9.17, 15) is 9.90 Å². The minimum atomic E-state index is -1.13. The molecule has 2 aromatic carbocycles. The number of hydrogen-bond donors (Lipinski definition) is 2. The smallest absolute Gasteiger partial charge is 0.257 e. The van der Waals surface area contributed by atoms with Crippen molar-refractivity contribution in [2.75, 3.05) is 5.32 Å². The zero-order valence-electron chi connectivity index (χ0n) is 11.6. The van der Waals surface area contributed by atoms with Gasteiger partial charge >= 0.3 is 0 Å². The first-order chi connectivity index (χ1) is 9.95. The maximum Gasteiger partial charge on any atom is 0.257 e. The fourth-order valence-electron chi connectivity index (χ4n) is 2.23. The van der Waals surface area contributed by atoms with Crippen LogP contribution in [0.15, 0.2) is 40.1 Å². The summed E-state index contributed by atoms with van der Waals surface area (Å²) in [5.41, 5.74) is 3.63. The Balaban J connectivity index is 1.95. The molecule has 0 saturated carbocycles. The summed E-state index contributed by atoms with van der Waals surface area (Å²) in [7, 11) is 0. The van der Waals surface area contributed by atoms with E-state index in [2.05, 4.69) is 31.3 Å². The van der Waals surface area contributed by atoms with Gasteiger partial charge in [0.15, 0.2) is 6.10 Å². The Morgan fingerprint density at radius 2 is 1.95 bits per heavy atom. The Kier molecular flexibility index (Phi) is 3.69. The summed E-state index contributed by atoms with van der Waals surface area (Å²) in [5, 5.41) is 12.9. The quantitative estimate of drug-likeness (QED) is 0.876. The second kappa shape index (κ2) is 5.37. The maximum atomic E-state index is 11.5. The van der Waals surface area contributed by atoms with Crippen LogP contribution in [0.2, 0.25) is 5.02 Å². The fraction of sp³-hybridized carbons (Fsp3) is 0.188. The SMILES string of the molecule is Cc1ccc(Sc2cc3c(cc2Cl)C(O)C(=O)N3)cc1C. The Hall–Kier alpha value is -1.49. The van der Waals surface area contributed by atoms with Crippen LogP contribution in [-0.2, 0) is 4.79 Å².